The molecule has 2 aromatic carbocycles. The summed E-state index contributed by atoms with van der Waals surface area (Å²) in [7, 11) is 0. The Bertz CT molecular complexity index is 1210. The van der Waals surface area contributed by atoms with Crippen molar-refractivity contribution >= 4 is 34.5 Å². The van der Waals surface area contributed by atoms with Crippen molar-refractivity contribution in [3.63, 3.8) is 0 Å². The summed E-state index contributed by atoms with van der Waals surface area (Å²) in [4.78, 5) is 33.1. The summed E-state index contributed by atoms with van der Waals surface area (Å²) in [5, 5.41) is 2.92. The summed E-state index contributed by atoms with van der Waals surface area (Å²) in [6.45, 7) is 0.996. The number of imidazole rings is 1. The molecule has 32 heavy (non-hydrogen) atoms. The molecule has 1 saturated carbocycles. The molecule has 1 aromatic heterocycles. The van der Waals surface area contributed by atoms with Crippen molar-refractivity contribution in [2.45, 2.75) is 44.2 Å². The van der Waals surface area contributed by atoms with E-state index in [1.165, 1.54) is 0 Å². The lowest BCUT2D eigenvalue weighted by Gasteiger charge is -2.22. The molecule has 1 fully saturated rings. The molecule has 164 valence electrons. The van der Waals surface area contributed by atoms with Crippen molar-refractivity contribution < 1.29 is 19.1 Å². The fourth-order valence-corrected chi connectivity index (χ4v) is 5.07. The Hall–Kier alpha value is -3.55. The Labute approximate surface area is 185 Å². The van der Waals surface area contributed by atoms with Crippen LogP contribution < -0.4 is 19.7 Å². The average Bonchev–Trinajstić information content (AvgIpc) is 3.51. The molecule has 0 spiro atoms. The number of amides is 2. The lowest BCUT2D eigenvalue weighted by molar-refractivity contribution is -0.125. The minimum atomic E-state index is -0.602. The molecule has 3 aliphatic rings. The molecule has 1 N–H and O–H groups in total. The second-order valence-electron chi connectivity index (χ2n) is 8.54. The van der Waals surface area contributed by atoms with Crippen LogP contribution in [0.1, 0.15) is 38.1 Å². The van der Waals surface area contributed by atoms with Gasteiger partial charge < -0.3 is 14.8 Å². The maximum Gasteiger partial charge on any atom is 0.253 e. The lowest BCUT2D eigenvalue weighted by Crippen LogP contribution is -2.38. The second-order valence-corrected chi connectivity index (χ2v) is 8.54. The first-order valence-electron chi connectivity index (χ1n) is 11.2. The number of hydrogen-bond acceptors (Lipinski definition) is 5. The number of benzene rings is 2. The number of carbonyl (C=O) groups excluding carboxylic acids is 2. The molecular weight excluding hydrogens is 408 g/mol. The third kappa shape index (κ3) is 3.09. The Balaban J connectivity index is 1.29. The quantitative estimate of drug-likeness (QED) is 0.680. The van der Waals surface area contributed by atoms with E-state index in [9.17, 15) is 9.59 Å². The number of para-hydroxylation sites is 2. The second kappa shape index (κ2) is 7.55. The summed E-state index contributed by atoms with van der Waals surface area (Å²) in [5.41, 5.74) is 2.34. The molecule has 0 bridgehead atoms. The molecule has 1 unspecified atom stereocenters. The number of hydrogen-bond donors (Lipinski definition) is 1. The highest BCUT2D eigenvalue weighted by molar-refractivity contribution is 6.05. The van der Waals surface area contributed by atoms with Gasteiger partial charge in [-0.05, 0) is 37.1 Å². The minimum absolute atomic E-state index is 0.0394. The third-order valence-corrected chi connectivity index (χ3v) is 6.52. The molecular formula is C24H24N4O4. The van der Waals surface area contributed by atoms with Gasteiger partial charge in [0.1, 0.15) is 19.3 Å². The molecule has 0 saturated heterocycles. The molecule has 6 rings (SSSR count). The van der Waals surface area contributed by atoms with Crippen LogP contribution in [0.15, 0.2) is 42.5 Å². The molecule has 2 amide bonds. The summed E-state index contributed by atoms with van der Waals surface area (Å²) in [5.74, 6) is 1.68. The van der Waals surface area contributed by atoms with E-state index in [4.69, 9.17) is 14.5 Å². The highest BCUT2D eigenvalue weighted by Gasteiger charge is 2.44. The van der Waals surface area contributed by atoms with Crippen LogP contribution in [0.3, 0.4) is 0 Å². The van der Waals surface area contributed by atoms with Crippen molar-refractivity contribution in [1.29, 1.82) is 0 Å². The highest BCUT2D eigenvalue weighted by atomic mass is 16.6. The zero-order chi connectivity index (χ0) is 21.7. The first kappa shape index (κ1) is 19.2. The lowest BCUT2D eigenvalue weighted by atomic mass is 10.1. The minimum Gasteiger partial charge on any atom is -0.486 e. The van der Waals surface area contributed by atoms with E-state index in [1.54, 1.807) is 18.2 Å². The van der Waals surface area contributed by atoms with Gasteiger partial charge in [-0.15, -0.1) is 0 Å². The van der Waals surface area contributed by atoms with Gasteiger partial charge in [0.25, 0.3) is 5.91 Å². The Morgan fingerprint density at radius 1 is 1.06 bits per heavy atom. The van der Waals surface area contributed by atoms with E-state index >= 15 is 0 Å². The first-order chi connectivity index (χ1) is 15.7. The molecule has 2 aliphatic heterocycles. The maximum atomic E-state index is 13.5. The molecule has 1 atom stereocenters. The fourth-order valence-electron chi connectivity index (χ4n) is 5.07. The monoisotopic (exact) mass is 432 g/mol. The normalized spacial score (nSPS) is 20.1. The number of aromatic nitrogens is 2. The van der Waals surface area contributed by atoms with Gasteiger partial charge in [0.15, 0.2) is 11.5 Å². The van der Waals surface area contributed by atoms with E-state index in [-0.39, 0.29) is 24.3 Å². The predicted octanol–water partition coefficient (Wildman–Crippen LogP) is 3.67. The van der Waals surface area contributed by atoms with Gasteiger partial charge in [-0.25, -0.2) is 4.98 Å². The summed E-state index contributed by atoms with van der Waals surface area (Å²) < 4.78 is 13.1. The van der Waals surface area contributed by atoms with Crippen LogP contribution in [0.25, 0.3) is 11.0 Å². The summed E-state index contributed by atoms with van der Waals surface area (Å²) in [6, 6.07) is 12.7. The van der Waals surface area contributed by atoms with Crippen LogP contribution in [0.5, 0.6) is 11.5 Å². The average molecular weight is 432 g/mol. The molecule has 3 aromatic rings. The van der Waals surface area contributed by atoms with Gasteiger partial charge in [-0.2, -0.15) is 0 Å². The standard InChI is InChI=1S/C24H24N4O4/c29-22(25-15-9-10-20-21(13-15)32-12-11-31-20)14-19-23(30)27(16-5-1-2-6-16)24-26-17-7-3-4-8-18(17)28(19)24/h3-4,7-10,13,16,19H,1-2,5-6,11-12,14H2,(H,25,29). The highest BCUT2D eigenvalue weighted by Crippen LogP contribution is 2.40. The van der Waals surface area contributed by atoms with Gasteiger partial charge in [0.2, 0.25) is 11.9 Å². The zero-order valence-corrected chi connectivity index (χ0v) is 17.6. The van der Waals surface area contributed by atoms with Gasteiger partial charge in [-0.1, -0.05) is 25.0 Å². The fraction of sp³-hybridized carbons (Fsp3) is 0.375. The molecule has 8 nitrogen and oxygen atoms in total. The summed E-state index contributed by atoms with van der Waals surface area (Å²) in [6.07, 6.45) is 4.23. The van der Waals surface area contributed by atoms with Crippen LogP contribution in [-0.4, -0.2) is 40.6 Å². The Kier molecular flexibility index (Phi) is 4.52. The number of fused-ring (bicyclic) bond motifs is 4. The topological polar surface area (TPSA) is 85.7 Å². The number of rotatable bonds is 4. The van der Waals surface area contributed by atoms with Crippen LogP contribution in [0.4, 0.5) is 11.6 Å². The maximum absolute atomic E-state index is 13.5. The smallest absolute Gasteiger partial charge is 0.253 e. The Morgan fingerprint density at radius 2 is 1.84 bits per heavy atom. The van der Waals surface area contributed by atoms with Gasteiger partial charge in [-0.3, -0.25) is 19.1 Å². The third-order valence-electron chi connectivity index (χ3n) is 6.52. The van der Waals surface area contributed by atoms with E-state index in [0.717, 1.165) is 36.7 Å². The SMILES string of the molecule is O=C(CC1C(=O)N(C2CCCC2)c2nc3ccccc3n21)Nc1ccc2c(c1)OCCO2. The molecule has 8 heteroatoms. The molecule has 3 heterocycles. The zero-order valence-electron chi connectivity index (χ0n) is 17.6. The Morgan fingerprint density at radius 3 is 2.69 bits per heavy atom. The van der Waals surface area contributed by atoms with Gasteiger partial charge >= 0.3 is 0 Å². The molecule has 0 radical (unpaired) electrons. The van der Waals surface area contributed by atoms with Crippen molar-refractivity contribution in [3.8, 4) is 11.5 Å². The van der Waals surface area contributed by atoms with Crippen molar-refractivity contribution in [2.75, 3.05) is 23.4 Å². The first-order valence-corrected chi connectivity index (χ1v) is 11.2. The van der Waals surface area contributed by atoms with Gasteiger partial charge in [0, 0.05) is 17.8 Å². The van der Waals surface area contributed by atoms with E-state index in [1.807, 2.05) is 33.7 Å². The predicted molar refractivity (Wildman–Crippen MR) is 119 cm³/mol. The number of nitrogens with zero attached hydrogens (tertiary/aromatic N) is 3. The largest absolute Gasteiger partial charge is 0.486 e. The van der Waals surface area contributed by atoms with Crippen LogP contribution in [0, 0.1) is 0 Å². The molecule has 1 aliphatic carbocycles. The number of nitrogens with one attached hydrogen (secondary N) is 1. The van der Waals surface area contributed by atoms with E-state index in [0.29, 0.717) is 36.3 Å². The summed E-state index contributed by atoms with van der Waals surface area (Å²) >= 11 is 0. The number of carbonyl (C=O) groups is 2. The van der Waals surface area contributed by atoms with Crippen LogP contribution >= 0.6 is 0 Å². The van der Waals surface area contributed by atoms with Crippen molar-refractivity contribution in [2.24, 2.45) is 0 Å². The van der Waals surface area contributed by atoms with Crippen LogP contribution in [0.2, 0.25) is 0 Å². The van der Waals surface area contributed by atoms with E-state index < -0.39 is 6.04 Å². The van der Waals surface area contributed by atoms with Crippen LogP contribution in [-0.2, 0) is 9.59 Å². The van der Waals surface area contributed by atoms with E-state index in [2.05, 4.69) is 5.32 Å². The van der Waals surface area contributed by atoms with Crippen molar-refractivity contribution in [1.82, 2.24) is 9.55 Å². The van der Waals surface area contributed by atoms with Gasteiger partial charge in [0.05, 0.1) is 17.5 Å². The van der Waals surface area contributed by atoms with Crippen molar-refractivity contribution in [3.05, 3.63) is 42.5 Å². The number of anilines is 2. The number of ether oxygens (including phenoxy) is 2.